The van der Waals surface area contributed by atoms with E-state index >= 15 is 0 Å². The second-order valence-corrected chi connectivity index (χ2v) is 7.86. The first-order chi connectivity index (χ1) is 7.95. The number of ether oxygens (including phenoxy) is 1. The zero-order chi connectivity index (χ0) is 11.1. The average molecular weight is 407 g/mol. The first-order valence-corrected chi connectivity index (χ1v) is 8.47. The van der Waals surface area contributed by atoms with Crippen molar-refractivity contribution in [2.24, 2.45) is 0 Å². The molecule has 1 fully saturated rings. The van der Waals surface area contributed by atoms with Gasteiger partial charge >= 0.3 is 98.0 Å². The van der Waals surface area contributed by atoms with Crippen molar-refractivity contribution in [3.8, 4) is 0 Å². The fraction of sp³-hybridized carbons (Fsp3) is 0.429. The molecular formula is C14H18Cl3LiOZr. The summed E-state index contributed by atoms with van der Waals surface area (Å²) in [5.74, 6) is 0. The van der Waals surface area contributed by atoms with Crippen molar-refractivity contribution in [1.29, 1.82) is 0 Å². The maximum atomic E-state index is 4.94. The smallest absolute Gasteiger partial charge is 1.00 e. The van der Waals surface area contributed by atoms with Gasteiger partial charge in [-0.25, -0.2) is 0 Å². The minimum atomic E-state index is -0.312. The van der Waals surface area contributed by atoms with Gasteiger partial charge in [-0.15, -0.1) is 0 Å². The Morgan fingerprint density at radius 2 is 1.25 bits per heavy atom. The number of hydrogen-bond acceptors (Lipinski definition) is 1. The van der Waals surface area contributed by atoms with Gasteiger partial charge in [0.05, 0.1) is 0 Å². The number of hydrogen-bond donors (Lipinski definition) is 0. The number of halogens is 3. The predicted molar refractivity (Wildman–Crippen MR) is 63.7 cm³/mol. The molecule has 0 N–H and O–H groups in total. The summed E-state index contributed by atoms with van der Waals surface area (Å²) in [6.45, 7) is 2.00. The predicted octanol–water partition coefficient (Wildman–Crippen LogP) is -8.43. The Bertz CT molecular complexity index is 315. The Morgan fingerprint density at radius 1 is 0.800 bits per heavy atom. The van der Waals surface area contributed by atoms with Crippen LogP contribution in [-0.4, -0.2) is 13.2 Å². The van der Waals surface area contributed by atoms with E-state index in [-0.39, 0.29) is 79.3 Å². The molecule has 3 aliphatic rings. The summed E-state index contributed by atoms with van der Waals surface area (Å²) in [6.07, 6.45) is 18.6. The van der Waals surface area contributed by atoms with Crippen LogP contribution in [0.4, 0.5) is 0 Å². The van der Waals surface area contributed by atoms with Crippen molar-refractivity contribution >= 4 is 0 Å². The van der Waals surface area contributed by atoms with Crippen LogP contribution in [0.25, 0.3) is 0 Å². The van der Waals surface area contributed by atoms with Gasteiger partial charge in [0.15, 0.2) is 0 Å². The molecule has 0 aromatic carbocycles. The molecule has 2 aliphatic carbocycles. The zero-order valence-corrected chi connectivity index (χ0v) is 16.5. The Hall–Kier alpha value is 1.27. The maximum Gasteiger partial charge on any atom is 1.00 e. The van der Waals surface area contributed by atoms with Crippen LogP contribution in [-0.2, 0) is 28.0 Å². The van der Waals surface area contributed by atoms with Crippen LogP contribution in [0.3, 0.4) is 0 Å². The maximum absolute atomic E-state index is 4.94. The van der Waals surface area contributed by atoms with Gasteiger partial charge in [0, 0.05) is 13.2 Å². The second-order valence-electron chi connectivity index (χ2n) is 4.09. The average Bonchev–Trinajstić information content (AvgIpc) is 3.05. The molecule has 0 radical (unpaired) electrons. The van der Waals surface area contributed by atoms with Crippen LogP contribution in [0.5, 0.6) is 0 Å². The summed E-state index contributed by atoms with van der Waals surface area (Å²) >= 11 is -0.312. The molecule has 1 aliphatic heterocycles. The van der Waals surface area contributed by atoms with Crippen molar-refractivity contribution in [2.75, 3.05) is 13.2 Å². The van der Waals surface area contributed by atoms with E-state index in [1.54, 1.807) is 6.56 Å². The van der Waals surface area contributed by atoms with E-state index in [0.717, 1.165) is 13.2 Å². The number of rotatable bonds is 2. The van der Waals surface area contributed by atoms with E-state index in [1.165, 1.54) is 25.7 Å². The van der Waals surface area contributed by atoms with E-state index in [4.69, 9.17) is 4.74 Å². The second kappa shape index (κ2) is 16.6. The molecule has 0 bridgehead atoms. The van der Waals surface area contributed by atoms with Crippen LogP contribution in [0.15, 0.2) is 43.0 Å². The first kappa shape index (κ1) is 26.2. The Balaban J connectivity index is -0.000000283. The topological polar surface area (TPSA) is 9.23 Å². The van der Waals surface area contributed by atoms with E-state index in [2.05, 4.69) is 36.5 Å². The van der Waals surface area contributed by atoms with E-state index in [9.17, 15) is 0 Å². The number of allylic oxidation sites excluding steroid dienone is 8. The summed E-state index contributed by atoms with van der Waals surface area (Å²) in [5.41, 5.74) is 0. The van der Waals surface area contributed by atoms with Crippen molar-refractivity contribution in [1.82, 2.24) is 0 Å². The van der Waals surface area contributed by atoms with Gasteiger partial charge in [-0.1, -0.05) is 0 Å². The molecule has 1 heterocycles. The van der Waals surface area contributed by atoms with Crippen molar-refractivity contribution in [3.63, 3.8) is 0 Å². The monoisotopic (exact) mass is 404 g/mol. The summed E-state index contributed by atoms with van der Waals surface area (Å²) in [7, 11) is 0. The fourth-order valence-electron chi connectivity index (χ4n) is 1.80. The summed E-state index contributed by atoms with van der Waals surface area (Å²) in [5, 5.41) is 0. The molecular weight excluding hydrogens is 389 g/mol. The van der Waals surface area contributed by atoms with Crippen LogP contribution < -0.4 is 56.1 Å². The van der Waals surface area contributed by atoms with Gasteiger partial charge in [-0.2, -0.15) is 0 Å². The molecule has 0 atom stereocenters. The third-order valence-corrected chi connectivity index (χ3v) is 6.09. The van der Waals surface area contributed by atoms with Gasteiger partial charge in [-0.3, -0.25) is 0 Å². The summed E-state index contributed by atoms with van der Waals surface area (Å²) in [4.78, 5) is 0. The third-order valence-electron chi connectivity index (χ3n) is 2.69. The quantitative estimate of drug-likeness (QED) is 0.414. The standard InChI is InChI=1S/2C5H5.C4H8O.3ClH.Li.Zr/c3*1-2-4-5-3-1;;;;;/h2*1-3H,4H2;1-4H2;3*1H;;/q;;;;;;+1;+2/p-3. The SMILES string of the molecule is C1=CC[C]([Zr+2][C]2=CC=CC2)=C1.C1CCOC1.[Cl-].[Cl-].[Cl-].[Li+]. The van der Waals surface area contributed by atoms with Gasteiger partial charge in [0.1, 0.15) is 0 Å². The molecule has 0 aromatic heterocycles. The van der Waals surface area contributed by atoms with Gasteiger partial charge in [0.25, 0.3) is 0 Å². The Kier molecular flexibility index (Phi) is 21.8. The van der Waals surface area contributed by atoms with Crippen molar-refractivity contribution < 1.29 is 84.1 Å². The third kappa shape index (κ3) is 10.9. The van der Waals surface area contributed by atoms with Crippen molar-refractivity contribution in [3.05, 3.63) is 43.0 Å². The molecule has 6 heteroatoms. The molecule has 1 nitrogen and oxygen atoms in total. The van der Waals surface area contributed by atoms with Crippen LogP contribution in [0.2, 0.25) is 0 Å². The Labute approximate surface area is 164 Å². The van der Waals surface area contributed by atoms with Gasteiger partial charge < -0.3 is 42.0 Å². The van der Waals surface area contributed by atoms with E-state index in [1.807, 2.05) is 0 Å². The molecule has 106 valence electrons. The molecule has 3 rings (SSSR count). The fourth-order valence-corrected chi connectivity index (χ4v) is 4.77. The summed E-state index contributed by atoms with van der Waals surface area (Å²) in [6, 6.07) is 0. The van der Waals surface area contributed by atoms with E-state index in [0.29, 0.717) is 0 Å². The summed E-state index contributed by atoms with van der Waals surface area (Å²) < 4.78 is 8.40. The molecule has 20 heavy (non-hydrogen) atoms. The molecule has 0 spiro atoms. The van der Waals surface area contributed by atoms with Crippen LogP contribution in [0.1, 0.15) is 25.7 Å². The largest absolute Gasteiger partial charge is 1.00 e. The Morgan fingerprint density at radius 3 is 1.50 bits per heavy atom. The minimum Gasteiger partial charge on any atom is -1.00 e. The molecule has 0 saturated carbocycles. The molecule has 0 unspecified atom stereocenters. The molecule has 0 aromatic rings. The van der Waals surface area contributed by atoms with Gasteiger partial charge in [0.2, 0.25) is 0 Å². The zero-order valence-electron chi connectivity index (χ0n) is 11.7. The molecule has 0 amide bonds. The van der Waals surface area contributed by atoms with Crippen LogP contribution in [0, 0.1) is 0 Å². The van der Waals surface area contributed by atoms with E-state index < -0.39 is 0 Å². The van der Waals surface area contributed by atoms with Crippen molar-refractivity contribution in [2.45, 2.75) is 25.7 Å². The minimum absolute atomic E-state index is 0. The normalized spacial score (nSPS) is 17.0. The van der Waals surface area contributed by atoms with Gasteiger partial charge in [-0.05, 0) is 12.8 Å². The molecule has 1 saturated heterocycles. The first-order valence-electron chi connectivity index (χ1n) is 6.01. The van der Waals surface area contributed by atoms with Crippen LogP contribution >= 0.6 is 0 Å².